The predicted molar refractivity (Wildman–Crippen MR) is 75.3 cm³/mol. The third-order valence-electron chi connectivity index (χ3n) is 2.83. The molecule has 1 aromatic carbocycles. The lowest BCUT2D eigenvalue weighted by Gasteiger charge is -2.10. The van der Waals surface area contributed by atoms with E-state index in [1.165, 1.54) is 6.08 Å². The lowest BCUT2D eigenvalue weighted by atomic mass is 9.99. The van der Waals surface area contributed by atoms with Crippen LogP contribution in [0.2, 0.25) is 0 Å². The van der Waals surface area contributed by atoms with Gasteiger partial charge in [0.05, 0.1) is 6.61 Å². The molecule has 0 heterocycles. The molecule has 18 heavy (non-hydrogen) atoms. The van der Waals surface area contributed by atoms with Crippen molar-refractivity contribution >= 4 is 17.7 Å². The highest BCUT2D eigenvalue weighted by atomic mass is 16.5. The van der Waals surface area contributed by atoms with Gasteiger partial charge in [0, 0.05) is 11.8 Å². The average Bonchev–Trinajstić information content (AvgIpc) is 2.37. The van der Waals surface area contributed by atoms with Gasteiger partial charge in [-0.3, -0.25) is 0 Å². The van der Waals surface area contributed by atoms with Gasteiger partial charge in [-0.2, -0.15) is 0 Å². The molecule has 0 amide bonds. The van der Waals surface area contributed by atoms with Crippen molar-refractivity contribution in [2.45, 2.75) is 33.6 Å². The summed E-state index contributed by atoms with van der Waals surface area (Å²) in [6.07, 6.45) is 5.00. The van der Waals surface area contributed by atoms with E-state index >= 15 is 0 Å². The van der Waals surface area contributed by atoms with Crippen LogP contribution in [0.25, 0.3) is 6.08 Å². The van der Waals surface area contributed by atoms with E-state index < -0.39 is 0 Å². The molecule has 0 spiro atoms. The van der Waals surface area contributed by atoms with Crippen molar-refractivity contribution in [3.05, 3.63) is 34.9 Å². The van der Waals surface area contributed by atoms with E-state index in [2.05, 4.69) is 13.8 Å². The number of hydrogen-bond acceptors (Lipinski definition) is 3. The molecule has 1 rings (SSSR count). The number of benzene rings is 1. The van der Waals surface area contributed by atoms with E-state index in [4.69, 9.17) is 10.5 Å². The first-order valence-electron chi connectivity index (χ1n) is 6.38. The molecule has 0 aliphatic heterocycles. The highest BCUT2D eigenvalue weighted by Gasteiger charge is 2.04. The van der Waals surface area contributed by atoms with Crippen LogP contribution in [-0.4, -0.2) is 12.6 Å². The van der Waals surface area contributed by atoms with E-state index in [9.17, 15) is 4.79 Å². The Hall–Kier alpha value is -1.77. The molecule has 0 saturated heterocycles. The number of nitrogen functional groups attached to an aromatic ring is 1. The van der Waals surface area contributed by atoms with E-state index in [0.717, 1.165) is 35.2 Å². The van der Waals surface area contributed by atoms with Crippen LogP contribution in [0, 0.1) is 0 Å². The van der Waals surface area contributed by atoms with Gasteiger partial charge in [0.1, 0.15) is 0 Å². The molecule has 0 aliphatic carbocycles. The minimum Gasteiger partial charge on any atom is -0.463 e. The molecule has 3 heteroatoms. The Bertz CT molecular complexity index is 425. The number of nitrogens with two attached hydrogens (primary N) is 1. The monoisotopic (exact) mass is 247 g/mol. The van der Waals surface area contributed by atoms with Crippen molar-refractivity contribution < 1.29 is 9.53 Å². The second-order valence-corrected chi connectivity index (χ2v) is 4.05. The average molecular weight is 247 g/mol. The number of hydrogen-bond donors (Lipinski definition) is 1. The van der Waals surface area contributed by atoms with Gasteiger partial charge < -0.3 is 10.5 Å². The van der Waals surface area contributed by atoms with Crippen LogP contribution in [-0.2, 0) is 22.4 Å². The van der Waals surface area contributed by atoms with Crippen molar-refractivity contribution in [3.8, 4) is 0 Å². The second kappa shape index (κ2) is 6.84. The zero-order valence-corrected chi connectivity index (χ0v) is 11.3. The smallest absolute Gasteiger partial charge is 0.330 e. The SMILES string of the molecule is CCOC(=O)/C=C/c1cc(CC)c(N)c(CC)c1. The van der Waals surface area contributed by atoms with E-state index in [1.54, 1.807) is 13.0 Å². The molecule has 1 aromatic rings. The van der Waals surface area contributed by atoms with Crippen LogP contribution >= 0.6 is 0 Å². The van der Waals surface area contributed by atoms with Gasteiger partial charge in [-0.15, -0.1) is 0 Å². The summed E-state index contributed by atoms with van der Waals surface area (Å²) < 4.78 is 4.85. The van der Waals surface area contributed by atoms with Crippen molar-refractivity contribution in [1.82, 2.24) is 0 Å². The van der Waals surface area contributed by atoms with Gasteiger partial charge in [-0.1, -0.05) is 13.8 Å². The maximum Gasteiger partial charge on any atom is 0.330 e. The van der Waals surface area contributed by atoms with Crippen molar-refractivity contribution in [2.24, 2.45) is 0 Å². The molecular formula is C15H21NO2. The molecular weight excluding hydrogens is 226 g/mol. The third kappa shape index (κ3) is 3.62. The fourth-order valence-corrected chi connectivity index (χ4v) is 1.84. The highest BCUT2D eigenvalue weighted by molar-refractivity contribution is 5.87. The lowest BCUT2D eigenvalue weighted by Crippen LogP contribution is -2.01. The maximum atomic E-state index is 11.3. The second-order valence-electron chi connectivity index (χ2n) is 4.05. The predicted octanol–water partition coefficient (Wildman–Crippen LogP) is 2.97. The summed E-state index contributed by atoms with van der Waals surface area (Å²) in [4.78, 5) is 11.3. The van der Waals surface area contributed by atoms with Gasteiger partial charge in [-0.05, 0) is 54.7 Å². The first-order chi connectivity index (χ1) is 8.62. The van der Waals surface area contributed by atoms with Crippen LogP contribution in [0.15, 0.2) is 18.2 Å². The minimum atomic E-state index is -0.314. The standard InChI is InChI=1S/C15H21NO2/c1-4-12-9-11(7-8-14(17)18-6-3)10-13(5-2)15(12)16/h7-10H,4-6,16H2,1-3H3/b8-7+. The quantitative estimate of drug-likeness (QED) is 0.494. The van der Waals surface area contributed by atoms with Gasteiger partial charge in [-0.25, -0.2) is 4.79 Å². The summed E-state index contributed by atoms with van der Waals surface area (Å²) in [6.45, 7) is 6.33. The van der Waals surface area contributed by atoms with Gasteiger partial charge in [0.25, 0.3) is 0 Å². The minimum absolute atomic E-state index is 0.314. The Morgan fingerprint density at radius 2 is 1.78 bits per heavy atom. The number of esters is 1. The highest BCUT2D eigenvalue weighted by Crippen LogP contribution is 2.22. The van der Waals surface area contributed by atoms with E-state index in [1.807, 2.05) is 12.1 Å². The maximum absolute atomic E-state index is 11.3. The first-order valence-corrected chi connectivity index (χ1v) is 6.38. The molecule has 3 nitrogen and oxygen atoms in total. The summed E-state index contributed by atoms with van der Waals surface area (Å²) in [5.74, 6) is -0.314. The molecule has 0 saturated carbocycles. The molecule has 2 N–H and O–H groups in total. The van der Waals surface area contributed by atoms with Gasteiger partial charge >= 0.3 is 5.97 Å². The summed E-state index contributed by atoms with van der Waals surface area (Å²) in [7, 11) is 0. The van der Waals surface area contributed by atoms with Crippen molar-refractivity contribution in [2.75, 3.05) is 12.3 Å². The summed E-state index contributed by atoms with van der Waals surface area (Å²) >= 11 is 0. The fraction of sp³-hybridized carbons (Fsp3) is 0.400. The molecule has 0 unspecified atom stereocenters. The van der Waals surface area contributed by atoms with Crippen LogP contribution in [0.1, 0.15) is 37.5 Å². The molecule has 0 fully saturated rings. The van der Waals surface area contributed by atoms with E-state index in [-0.39, 0.29) is 5.97 Å². The van der Waals surface area contributed by atoms with Gasteiger partial charge in [0.15, 0.2) is 0 Å². The van der Waals surface area contributed by atoms with Gasteiger partial charge in [0.2, 0.25) is 0 Å². The van der Waals surface area contributed by atoms with Crippen LogP contribution < -0.4 is 5.73 Å². The van der Waals surface area contributed by atoms with Crippen LogP contribution in [0.3, 0.4) is 0 Å². The van der Waals surface area contributed by atoms with Crippen LogP contribution in [0.5, 0.6) is 0 Å². The number of aryl methyl sites for hydroxylation is 2. The number of rotatable bonds is 5. The topological polar surface area (TPSA) is 52.3 Å². The molecule has 98 valence electrons. The first kappa shape index (κ1) is 14.3. The van der Waals surface area contributed by atoms with Crippen molar-refractivity contribution in [1.29, 1.82) is 0 Å². The molecule has 0 bridgehead atoms. The zero-order valence-electron chi connectivity index (χ0n) is 11.3. The zero-order chi connectivity index (χ0) is 13.5. The largest absolute Gasteiger partial charge is 0.463 e. The van der Waals surface area contributed by atoms with Crippen LogP contribution in [0.4, 0.5) is 5.69 Å². The summed E-state index contributed by atoms with van der Waals surface area (Å²) in [5.41, 5.74) is 10.2. The Morgan fingerprint density at radius 3 is 2.22 bits per heavy atom. The molecule has 0 aromatic heterocycles. The Morgan fingerprint density at radius 1 is 1.22 bits per heavy atom. The number of carbonyl (C=O) groups excluding carboxylic acids is 1. The van der Waals surface area contributed by atoms with Crippen molar-refractivity contribution in [3.63, 3.8) is 0 Å². The normalized spacial score (nSPS) is 10.8. The lowest BCUT2D eigenvalue weighted by molar-refractivity contribution is -0.137. The number of anilines is 1. The third-order valence-corrected chi connectivity index (χ3v) is 2.83. The Kier molecular flexibility index (Phi) is 5.43. The molecule has 0 aliphatic rings. The summed E-state index contributed by atoms with van der Waals surface area (Å²) in [6, 6.07) is 4.04. The number of ether oxygens (including phenoxy) is 1. The van der Waals surface area contributed by atoms with E-state index in [0.29, 0.717) is 6.61 Å². The Labute approximate surface area is 109 Å². The molecule has 0 atom stereocenters. The fourth-order valence-electron chi connectivity index (χ4n) is 1.84. The summed E-state index contributed by atoms with van der Waals surface area (Å²) in [5, 5.41) is 0. The number of carbonyl (C=O) groups is 1. The molecule has 0 radical (unpaired) electrons. The Balaban J connectivity index is 2.99.